The van der Waals surface area contributed by atoms with Gasteiger partial charge in [-0.1, -0.05) is 152 Å². The molecule has 1 aliphatic heterocycles. The number of aromatic nitrogens is 1. The van der Waals surface area contributed by atoms with E-state index in [0.717, 1.165) is 23.5 Å². The quantitative estimate of drug-likeness (QED) is 0.174. The van der Waals surface area contributed by atoms with Gasteiger partial charge in [-0.25, -0.2) is 0 Å². The van der Waals surface area contributed by atoms with Crippen molar-refractivity contribution in [2.45, 2.75) is 18.4 Å². The Bertz CT molecular complexity index is 3330. The van der Waals surface area contributed by atoms with Gasteiger partial charge in [-0.3, -0.25) is 0 Å². The van der Waals surface area contributed by atoms with E-state index in [-0.39, 0.29) is 6.04 Å². The van der Waals surface area contributed by atoms with Crippen LogP contribution in [0.5, 0.6) is 0 Å². The van der Waals surface area contributed by atoms with Crippen LogP contribution in [-0.4, -0.2) is 10.4 Å². The van der Waals surface area contributed by atoms with Crippen LogP contribution in [0.2, 0.25) is 0 Å². The second-order valence-electron chi connectivity index (χ2n) is 16.0. The first kappa shape index (κ1) is 31.8. The molecule has 0 amide bonds. The second kappa shape index (κ2) is 12.1. The van der Waals surface area contributed by atoms with Crippen LogP contribution in [0.1, 0.15) is 22.6 Å². The van der Waals surface area contributed by atoms with Gasteiger partial charge in [-0.2, -0.15) is 0 Å². The summed E-state index contributed by atoms with van der Waals surface area (Å²) in [6.07, 6.45) is 10.1. The molecular weight excluding hydrogens is 703 g/mol. The molecule has 0 radical (unpaired) electrons. The summed E-state index contributed by atoms with van der Waals surface area (Å²) in [5.74, 6) is 0.306. The molecule has 2 atom stereocenters. The Hall–Kier alpha value is -7.36. The zero-order chi connectivity index (χ0) is 37.9. The molecule has 8 aromatic carbocycles. The summed E-state index contributed by atoms with van der Waals surface area (Å²) in [7, 11) is 0. The van der Waals surface area contributed by atoms with Crippen LogP contribution < -0.4 is 9.80 Å². The first-order chi connectivity index (χ1) is 28.8. The lowest BCUT2D eigenvalue weighted by Gasteiger charge is -2.30. The Morgan fingerprint density at radius 2 is 1.16 bits per heavy atom. The summed E-state index contributed by atoms with van der Waals surface area (Å²) in [6.45, 7) is 0. The molecule has 0 saturated carbocycles. The number of rotatable bonds is 5. The standard InChI is InChI=1S/C55H37N3/c1-2-14-38(15-3-1)57-50-24-8-6-17-43(50)45-20-10-19-42(53(45)57)35-27-30-39(31-28-35)56(40-32-29-37-33-36-13-4-5-16-41(36)49(37)34-40)52-26-12-23-48-47-22-11-21-46-44-18-7-9-25-51(44)58(54(46)47)55(48)52/h1-32,34,43,50H,33H2. The molecule has 0 N–H and O–H groups in total. The summed E-state index contributed by atoms with van der Waals surface area (Å²) < 4.78 is 2.52. The van der Waals surface area contributed by atoms with Gasteiger partial charge in [0.2, 0.25) is 0 Å². The van der Waals surface area contributed by atoms with Gasteiger partial charge in [0, 0.05) is 50.1 Å². The highest BCUT2D eigenvalue weighted by Crippen LogP contribution is 2.53. The lowest BCUT2D eigenvalue weighted by molar-refractivity contribution is 0.745. The summed E-state index contributed by atoms with van der Waals surface area (Å²) in [5.41, 5.74) is 19.0. The molecule has 13 rings (SSSR count). The van der Waals surface area contributed by atoms with E-state index in [9.17, 15) is 0 Å². The van der Waals surface area contributed by atoms with E-state index in [0.29, 0.717) is 5.92 Å². The fraction of sp³-hybridized carbons (Fsp3) is 0.0545. The van der Waals surface area contributed by atoms with E-state index in [1.807, 2.05) is 0 Å². The predicted molar refractivity (Wildman–Crippen MR) is 243 cm³/mol. The number of hydrogen-bond acceptors (Lipinski definition) is 2. The van der Waals surface area contributed by atoms with Crippen molar-refractivity contribution in [3.8, 4) is 22.3 Å². The molecule has 0 fully saturated rings. The summed E-state index contributed by atoms with van der Waals surface area (Å²) in [5, 5.41) is 5.14. The second-order valence-corrected chi connectivity index (χ2v) is 16.0. The number of allylic oxidation sites excluding steroid dienone is 2. The van der Waals surface area contributed by atoms with Crippen molar-refractivity contribution in [3.05, 3.63) is 217 Å². The molecule has 0 spiro atoms. The van der Waals surface area contributed by atoms with Crippen LogP contribution in [-0.2, 0) is 6.42 Å². The van der Waals surface area contributed by atoms with Crippen molar-refractivity contribution in [3.63, 3.8) is 0 Å². The van der Waals surface area contributed by atoms with Gasteiger partial charge < -0.3 is 14.2 Å². The van der Waals surface area contributed by atoms with E-state index in [4.69, 9.17) is 0 Å². The van der Waals surface area contributed by atoms with Crippen molar-refractivity contribution in [2.24, 2.45) is 0 Å². The topological polar surface area (TPSA) is 10.9 Å². The van der Waals surface area contributed by atoms with E-state index in [1.54, 1.807) is 0 Å². The maximum Gasteiger partial charge on any atom is 0.0782 e. The van der Waals surface area contributed by atoms with Gasteiger partial charge in [0.05, 0.1) is 34.0 Å². The monoisotopic (exact) mass is 739 g/mol. The third kappa shape index (κ3) is 4.39. The van der Waals surface area contributed by atoms with E-state index in [1.165, 1.54) is 88.4 Å². The lowest BCUT2D eigenvalue weighted by atomic mass is 9.90. The zero-order valence-corrected chi connectivity index (χ0v) is 31.8. The van der Waals surface area contributed by atoms with Gasteiger partial charge >= 0.3 is 0 Å². The first-order valence-corrected chi connectivity index (χ1v) is 20.4. The molecule has 272 valence electrons. The molecule has 0 saturated heterocycles. The average Bonchev–Trinajstić information content (AvgIpc) is 4.03. The molecule has 2 aromatic heterocycles. The Balaban J connectivity index is 1.03. The summed E-state index contributed by atoms with van der Waals surface area (Å²) in [6, 6.07) is 65.8. The number of nitrogens with zero attached hydrogens (tertiary/aromatic N) is 3. The highest BCUT2D eigenvalue weighted by molar-refractivity contribution is 6.25. The van der Waals surface area contributed by atoms with Crippen LogP contribution in [0.4, 0.5) is 28.4 Å². The number of fused-ring (bicyclic) bond motifs is 12. The number of hydrogen-bond donors (Lipinski definition) is 0. The SMILES string of the molecule is C1=CC2c3cccc(-c4ccc(N(c5ccc6c(c5)-c5ccccc5C6)c5cccc6c7cccc8c9ccccc9n(c56)c87)cc4)c3N(c3ccccc3)C2C=C1. The third-order valence-corrected chi connectivity index (χ3v) is 13.0. The summed E-state index contributed by atoms with van der Waals surface area (Å²) in [4.78, 5) is 5.04. The van der Waals surface area contributed by atoms with Crippen LogP contribution in [0, 0.1) is 0 Å². The number of anilines is 5. The molecule has 0 bridgehead atoms. The first-order valence-electron chi connectivity index (χ1n) is 20.4. The molecule has 58 heavy (non-hydrogen) atoms. The van der Waals surface area contributed by atoms with E-state index < -0.39 is 0 Å². The zero-order valence-electron chi connectivity index (χ0n) is 31.8. The summed E-state index contributed by atoms with van der Waals surface area (Å²) >= 11 is 0. The van der Waals surface area contributed by atoms with Crippen molar-refractivity contribution in [2.75, 3.05) is 9.80 Å². The van der Waals surface area contributed by atoms with Crippen LogP contribution in [0.3, 0.4) is 0 Å². The smallest absolute Gasteiger partial charge is 0.0782 e. The molecule has 3 heteroatoms. The van der Waals surface area contributed by atoms with Crippen molar-refractivity contribution in [1.82, 2.24) is 4.40 Å². The molecule has 2 aliphatic carbocycles. The Labute approximate surface area is 337 Å². The lowest BCUT2D eigenvalue weighted by Crippen LogP contribution is -2.28. The largest absolute Gasteiger partial charge is 0.333 e. The minimum atomic E-state index is 0.240. The van der Waals surface area contributed by atoms with Crippen molar-refractivity contribution >= 4 is 66.5 Å². The number of para-hydroxylation sites is 5. The van der Waals surface area contributed by atoms with Gasteiger partial charge in [-0.05, 0) is 88.3 Å². The Morgan fingerprint density at radius 1 is 0.483 bits per heavy atom. The third-order valence-electron chi connectivity index (χ3n) is 13.0. The van der Waals surface area contributed by atoms with Gasteiger partial charge in [0.25, 0.3) is 0 Å². The fourth-order valence-corrected chi connectivity index (χ4v) is 10.6. The minimum absolute atomic E-state index is 0.240. The average molecular weight is 740 g/mol. The number of benzene rings is 8. The fourth-order valence-electron chi connectivity index (χ4n) is 10.6. The van der Waals surface area contributed by atoms with Crippen LogP contribution in [0.25, 0.3) is 60.3 Å². The highest BCUT2D eigenvalue weighted by atomic mass is 15.2. The minimum Gasteiger partial charge on any atom is -0.333 e. The maximum atomic E-state index is 2.55. The Morgan fingerprint density at radius 3 is 2.05 bits per heavy atom. The molecule has 3 nitrogen and oxygen atoms in total. The van der Waals surface area contributed by atoms with Crippen molar-refractivity contribution in [1.29, 1.82) is 0 Å². The van der Waals surface area contributed by atoms with Gasteiger partial charge in [-0.15, -0.1) is 0 Å². The highest BCUT2D eigenvalue weighted by Gasteiger charge is 2.39. The molecular formula is C55H37N3. The molecule has 3 aliphatic rings. The van der Waals surface area contributed by atoms with Crippen molar-refractivity contribution < 1.29 is 0 Å². The van der Waals surface area contributed by atoms with Crippen LogP contribution >= 0.6 is 0 Å². The van der Waals surface area contributed by atoms with Gasteiger partial charge in [0.15, 0.2) is 0 Å². The maximum absolute atomic E-state index is 2.55. The van der Waals surface area contributed by atoms with E-state index in [2.05, 4.69) is 214 Å². The molecule has 3 heterocycles. The normalized spacial score (nSPS) is 16.4. The molecule has 2 unspecified atom stereocenters. The van der Waals surface area contributed by atoms with Gasteiger partial charge in [0.1, 0.15) is 0 Å². The predicted octanol–water partition coefficient (Wildman–Crippen LogP) is 14.3. The van der Waals surface area contributed by atoms with Crippen LogP contribution in [0.15, 0.2) is 200 Å². The Kier molecular flexibility index (Phi) is 6.62. The molecule has 10 aromatic rings. The van der Waals surface area contributed by atoms with E-state index >= 15 is 0 Å².